The smallest absolute Gasteiger partial charge is 0.258 e. The Morgan fingerprint density at radius 3 is 2.71 bits per heavy atom. The van der Waals surface area contributed by atoms with Gasteiger partial charge in [0.1, 0.15) is 5.82 Å². The fourth-order valence-corrected chi connectivity index (χ4v) is 1.66. The van der Waals surface area contributed by atoms with Crippen LogP contribution in [0.5, 0.6) is 0 Å². The number of benzene rings is 1. The lowest BCUT2D eigenvalue weighted by Crippen LogP contribution is -2.13. The molecular weight excluding hydrogens is 295 g/mol. The molecule has 21 heavy (non-hydrogen) atoms. The molecule has 0 saturated carbocycles. The van der Waals surface area contributed by atoms with Crippen LogP contribution in [0.3, 0.4) is 0 Å². The van der Waals surface area contributed by atoms with Crippen LogP contribution in [0.2, 0.25) is 5.02 Å². The quantitative estimate of drug-likeness (QED) is 0.833. The Bertz CT molecular complexity index is 661. The molecule has 1 heterocycles. The summed E-state index contributed by atoms with van der Waals surface area (Å²) in [5.74, 6) is -0.556. The van der Waals surface area contributed by atoms with Gasteiger partial charge in [-0.05, 0) is 18.2 Å². The first-order chi connectivity index (χ1) is 10.1. The maximum atomic E-state index is 13.0. The summed E-state index contributed by atoms with van der Waals surface area (Å²) < 4.78 is 13.0. The number of hydrogen-bond acceptors (Lipinski definition) is 4. The Hall–Kier alpha value is -2.47. The number of aromatic nitrogens is 2. The maximum Gasteiger partial charge on any atom is 0.258 e. The topological polar surface area (TPSA) is 66.9 Å². The van der Waals surface area contributed by atoms with E-state index in [-0.39, 0.29) is 10.6 Å². The van der Waals surface area contributed by atoms with Gasteiger partial charge in [-0.3, -0.25) is 4.79 Å². The van der Waals surface area contributed by atoms with E-state index in [2.05, 4.69) is 27.2 Å². The fourth-order valence-electron chi connectivity index (χ4n) is 1.48. The van der Waals surface area contributed by atoms with Crippen LogP contribution >= 0.6 is 11.6 Å². The van der Waals surface area contributed by atoms with Crippen LogP contribution in [0.4, 0.5) is 16.0 Å². The Morgan fingerprint density at radius 2 is 2.10 bits per heavy atom. The number of hydrogen-bond donors (Lipinski definition) is 2. The second kappa shape index (κ2) is 6.81. The minimum absolute atomic E-state index is 0.0620. The van der Waals surface area contributed by atoms with Crippen LogP contribution < -0.4 is 10.6 Å². The van der Waals surface area contributed by atoms with Crippen molar-refractivity contribution in [2.24, 2.45) is 0 Å². The van der Waals surface area contributed by atoms with E-state index >= 15 is 0 Å². The first kappa shape index (κ1) is 14.9. The number of carbonyl (C=O) groups excluding carboxylic acids is 1. The summed E-state index contributed by atoms with van der Waals surface area (Å²) in [6, 6.07) is 3.92. The highest BCUT2D eigenvalue weighted by Gasteiger charge is 2.09. The molecule has 2 N–H and O–H groups in total. The lowest BCUT2D eigenvalue weighted by Gasteiger charge is -2.06. The van der Waals surface area contributed by atoms with Crippen LogP contribution in [0.15, 0.2) is 43.2 Å². The average molecular weight is 307 g/mol. The van der Waals surface area contributed by atoms with Crippen LogP contribution in [-0.4, -0.2) is 22.4 Å². The second-order valence-electron chi connectivity index (χ2n) is 4.05. The summed E-state index contributed by atoms with van der Waals surface area (Å²) in [6.07, 6.45) is 4.44. The van der Waals surface area contributed by atoms with Gasteiger partial charge in [0.05, 0.1) is 10.6 Å². The fraction of sp³-hybridized carbons (Fsp3) is 0.0714. The van der Waals surface area contributed by atoms with E-state index in [0.717, 1.165) is 0 Å². The summed E-state index contributed by atoms with van der Waals surface area (Å²) in [5.41, 5.74) is 0.667. The summed E-state index contributed by atoms with van der Waals surface area (Å²) in [4.78, 5) is 20.0. The highest BCUT2D eigenvalue weighted by Crippen LogP contribution is 2.19. The summed E-state index contributed by atoms with van der Waals surface area (Å²) >= 11 is 5.65. The molecule has 0 aliphatic rings. The molecule has 0 aliphatic heterocycles. The molecule has 0 fully saturated rings. The zero-order valence-corrected chi connectivity index (χ0v) is 11.7. The molecule has 0 unspecified atom stereocenters. The van der Waals surface area contributed by atoms with Crippen LogP contribution in [0.25, 0.3) is 0 Å². The largest absolute Gasteiger partial charge is 0.351 e. The van der Waals surface area contributed by atoms with Gasteiger partial charge in [-0.1, -0.05) is 17.7 Å². The number of amides is 1. The van der Waals surface area contributed by atoms with Gasteiger partial charge in [0.2, 0.25) is 5.95 Å². The van der Waals surface area contributed by atoms with Crippen LogP contribution in [0, 0.1) is 5.82 Å². The van der Waals surface area contributed by atoms with Crippen molar-refractivity contribution in [1.82, 2.24) is 9.97 Å². The monoisotopic (exact) mass is 306 g/mol. The minimum Gasteiger partial charge on any atom is -0.351 e. The molecule has 0 atom stereocenters. The van der Waals surface area contributed by atoms with Crippen molar-refractivity contribution >= 4 is 29.1 Å². The van der Waals surface area contributed by atoms with Crippen molar-refractivity contribution < 1.29 is 9.18 Å². The van der Waals surface area contributed by atoms with Crippen molar-refractivity contribution in [2.75, 3.05) is 17.2 Å². The van der Waals surface area contributed by atoms with Crippen molar-refractivity contribution in [3.8, 4) is 0 Å². The van der Waals surface area contributed by atoms with Crippen LogP contribution in [-0.2, 0) is 0 Å². The number of halogens is 2. The molecule has 0 saturated heterocycles. The molecule has 1 amide bonds. The zero-order chi connectivity index (χ0) is 15.2. The summed E-state index contributed by atoms with van der Waals surface area (Å²) in [6.45, 7) is 4.09. The number of carbonyl (C=O) groups is 1. The molecule has 0 aliphatic carbocycles. The minimum atomic E-state index is -0.546. The van der Waals surface area contributed by atoms with E-state index < -0.39 is 11.7 Å². The molecule has 0 radical (unpaired) electrons. The van der Waals surface area contributed by atoms with Crippen molar-refractivity contribution in [3.63, 3.8) is 0 Å². The van der Waals surface area contributed by atoms with E-state index in [4.69, 9.17) is 11.6 Å². The number of nitrogens with one attached hydrogen (secondary N) is 2. The van der Waals surface area contributed by atoms with E-state index in [1.165, 1.54) is 30.6 Å². The van der Waals surface area contributed by atoms with Gasteiger partial charge < -0.3 is 10.6 Å². The molecule has 2 aromatic rings. The van der Waals surface area contributed by atoms with Crippen molar-refractivity contribution in [2.45, 2.75) is 0 Å². The van der Waals surface area contributed by atoms with E-state index in [0.29, 0.717) is 18.2 Å². The van der Waals surface area contributed by atoms with Gasteiger partial charge in [-0.15, -0.1) is 6.58 Å². The second-order valence-corrected chi connectivity index (χ2v) is 4.46. The van der Waals surface area contributed by atoms with Gasteiger partial charge >= 0.3 is 0 Å². The third-order valence-electron chi connectivity index (χ3n) is 2.50. The predicted molar refractivity (Wildman–Crippen MR) is 80.1 cm³/mol. The van der Waals surface area contributed by atoms with Gasteiger partial charge in [-0.25, -0.2) is 14.4 Å². The van der Waals surface area contributed by atoms with Gasteiger partial charge in [0, 0.05) is 24.6 Å². The average Bonchev–Trinajstić information content (AvgIpc) is 2.49. The lowest BCUT2D eigenvalue weighted by molar-refractivity contribution is 0.102. The molecule has 7 heteroatoms. The molecule has 108 valence electrons. The summed E-state index contributed by atoms with van der Waals surface area (Å²) in [7, 11) is 0. The molecule has 0 bridgehead atoms. The molecular formula is C14H12ClFN4O. The molecule has 0 spiro atoms. The van der Waals surface area contributed by atoms with Gasteiger partial charge in [0.25, 0.3) is 5.91 Å². The lowest BCUT2D eigenvalue weighted by atomic mass is 10.2. The first-order valence-electron chi connectivity index (χ1n) is 6.03. The predicted octanol–water partition coefficient (Wildman–Crippen LogP) is 3.12. The Labute approximate surface area is 125 Å². The summed E-state index contributed by atoms with van der Waals surface area (Å²) in [5, 5.41) is 5.41. The molecule has 2 rings (SSSR count). The third-order valence-corrected chi connectivity index (χ3v) is 2.79. The van der Waals surface area contributed by atoms with Crippen molar-refractivity contribution in [1.29, 1.82) is 0 Å². The Balaban J connectivity index is 2.05. The highest BCUT2D eigenvalue weighted by atomic mass is 35.5. The zero-order valence-electron chi connectivity index (χ0n) is 10.9. The molecule has 1 aromatic heterocycles. The molecule has 1 aromatic carbocycles. The van der Waals surface area contributed by atoms with Gasteiger partial charge in [0.15, 0.2) is 0 Å². The third kappa shape index (κ3) is 4.00. The SMILES string of the molecule is C=CCNc1ncc(C(=O)Nc2ccc(F)c(Cl)c2)cn1. The van der Waals surface area contributed by atoms with Gasteiger partial charge in [-0.2, -0.15) is 0 Å². The number of rotatable bonds is 5. The number of nitrogens with zero attached hydrogens (tertiary/aromatic N) is 2. The first-order valence-corrected chi connectivity index (χ1v) is 6.41. The number of anilines is 2. The van der Waals surface area contributed by atoms with E-state index in [1.807, 2.05) is 0 Å². The Kier molecular flexibility index (Phi) is 4.84. The van der Waals surface area contributed by atoms with E-state index in [9.17, 15) is 9.18 Å². The Morgan fingerprint density at radius 1 is 1.38 bits per heavy atom. The normalized spacial score (nSPS) is 10.0. The van der Waals surface area contributed by atoms with E-state index in [1.54, 1.807) is 6.08 Å². The highest BCUT2D eigenvalue weighted by molar-refractivity contribution is 6.31. The van der Waals surface area contributed by atoms with Crippen LogP contribution in [0.1, 0.15) is 10.4 Å². The standard InChI is InChI=1S/C14H12ClFN4O/c1-2-5-17-14-18-7-9(8-19-14)13(21)20-10-3-4-12(16)11(15)6-10/h2-4,6-8H,1,5H2,(H,20,21)(H,17,18,19). The van der Waals surface area contributed by atoms with Crippen molar-refractivity contribution in [3.05, 3.63) is 59.7 Å². The molecule has 5 nitrogen and oxygen atoms in total. The maximum absolute atomic E-state index is 13.0.